The number of aromatic hydroxyl groups is 2. The standard InChI is InChI=1S/C28H30O8/c1-13(2)6-7-16-18(29)12-19(30)21-22(31)17-10-15-11-20-26(4,5)36-27(24(15)32,9-8-14(3)25(33)34)28(17,20)35-23(16)21/h6,8,10,12,15,20,29-30H,7,9,11H2,1-5H3,(H,33,34)/b14-8-/t15-,20?,27+,28-/m1/s1. The summed E-state index contributed by atoms with van der Waals surface area (Å²) in [6, 6.07) is 1.14. The quantitative estimate of drug-likeness (QED) is 0.413. The van der Waals surface area contributed by atoms with Crippen LogP contribution in [0.25, 0.3) is 0 Å². The molecule has 4 bridgehead atoms. The van der Waals surface area contributed by atoms with Gasteiger partial charge in [-0.15, -0.1) is 0 Å². The maximum Gasteiger partial charge on any atom is 0.330 e. The molecule has 3 N–H and O–H groups in total. The molecule has 1 aromatic rings. The van der Waals surface area contributed by atoms with Gasteiger partial charge in [-0.05, 0) is 47.5 Å². The molecule has 5 aliphatic rings. The number of fused-ring (bicyclic) bond motifs is 1. The normalized spacial score (nSPS) is 31.4. The van der Waals surface area contributed by atoms with Crippen LogP contribution in [0.1, 0.15) is 63.4 Å². The monoisotopic (exact) mass is 494 g/mol. The molecule has 1 unspecified atom stereocenters. The number of phenolic OH excluding ortho intramolecular Hbond substituents is 2. The Bertz CT molecular complexity index is 1330. The minimum atomic E-state index is -1.63. The van der Waals surface area contributed by atoms with Crippen LogP contribution in [0, 0.1) is 11.8 Å². The molecule has 1 aromatic carbocycles. The highest BCUT2D eigenvalue weighted by atomic mass is 16.6. The Hall–Kier alpha value is -3.39. The van der Waals surface area contributed by atoms with E-state index >= 15 is 0 Å². The Morgan fingerprint density at radius 2 is 1.83 bits per heavy atom. The highest BCUT2D eigenvalue weighted by Gasteiger charge is 2.81. The lowest BCUT2D eigenvalue weighted by Gasteiger charge is -2.56. The first-order chi connectivity index (χ1) is 16.8. The van der Waals surface area contributed by atoms with Crippen molar-refractivity contribution in [3.63, 3.8) is 0 Å². The van der Waals surface area contributed by atoms with E-state index < -0.39 is 46.1 Å². The number of ether oxygens (including phenoxy) is 2. The third-order valence-corrected chi connectivity index (χ3v) is 8.18. The molecule has 2 aliphatic heterocycles. The van der Waals surface area contributed by atoms with Gasteiger partial charge in [0.15, 0.2) is 22.8 Å². The fourth-order valence-corrected chi connectivity index (χ4v) is 6.52. The summed E-state index contributed by atoms with van der Waals surface area (Å²) < 4.78 is 13.3. The van der Waals surface area contributed by atoms with Crippen molar-refractivity contribution in [3.8, 4) is 17.2 Å². The van der Waals surface area contributed by atoms with E-state index in [1.54, 1.807) is 6.08 Å². The van der Waals surface area contributed by atoms with E-state index in [2.05, 4.69) is 0 Å². The highest BCUT2D eigenvalue weighted by molar-refractivity contribution is 6.18. The van der Waals surface area contributed by atoms with Crippen LogP contribution >= 0.6 is 0 Å². The minimum Gasteiger partial charge on any atom is -0.507 e. The summed E-state index contributed by atoms with van der Waals surface area (Å²) >= 11 is 0. The van der Waals surface area contributed by atoms with Crippen molar-refractivity contribution in [2.24, 2.45) is 11.8 Å². The molecule has 1 saturated heterocycles. The third-order valence-electron chi connectivity index (χ3n) is 8.18. The zero-order chi connectivity index (χ0) is 26.4. The number of phenols is 2. The van der Waals surface area contributed by atoms with Crippen molar-refractivity contribution in [1.82, 2.24) is 0 Å². The molecule has 1 saturated carbocycles. The summed E-state index contributed by atoms with van der Waals surface area (Å²) in [4.78, 5) is 39.4. The van der Waals surface area contributed by atoms with Crippen LogP contribution in [0.4, 0.5) is 0 Å². The molecule has 8 nitrogen and oxygen atoms in total. The Labute approximate surface area is 208 Å². The Kier molecular flexibility index (Phi) is 5.10. The average Bonchev–Trinajstić information content (AvgIpc) is 2.94. The summed E-state index contributed by atoms with van der Waals surface area (Å²) in [6.45, 7) is 8.94. The largest absolute Gasteiger partial charge is 0.507 e. The van der Waals surface area contributed by atoms with Crippen molar-refractivity contribution >= 4 is 17.5 Å². The van der Waals surface area contributed by atoms with Gasteiger partial charge >= 0.3 is 5.97 Å². The first-order valence-corrected chi connectivity index (χ1v) is 12.1. The van der Waals surface area contributed by atoms with Crippen LogP contribution < -0.4 is 4.74 Å². The number of carbonyl (C=O) groups excluding carboxylic acids is 2. The van der Waals surface area contributed by atoms with Gasteiger partial charge < -0.3 is 24.8 Å². The lowest BCUT2D eigenvalue weighted by molar-refractivity contribution is -0.171. The van der Waals surface area contributed by atoms with E-state index in [4.69, 9.17) is 9.47 Å². The summed E-state index contributed by atoms with van der Waals surface area (Å²) in [5.74, 6) is -3.43. The highest BCUT2D eigenvalue weighted by Crippen LogP contribution is 2.68. The lowest BCUT2D eigenvalue weighted by atomic mass is 9.51. The van der Waals surface area contributed by atoms with Crippen LogP contribution in [0.15, 0.2) is 41.0 Å². The molecule has 0 aromatic heterocycles. The number of hydrogen-bond acceptors (Lipinski definition) is 7. The number of hydrogen-bond donors (Lipinski definition) is 3. The van der Waals surface area contributed by atoms with Gasteiger partial charge in [0.05, 0.1) is 5.60 Å². The zero-order valence-electron chi connectivity index (χ0n) is 21.0. The molecule has 4 atom stereocenters. The predicted octanol–water partition coefficient (Wildman–Crippen LogP) is 4.03. The molecule has 1 spiro atoms. The van der Waals surface area contributed by atoms with E-state index in [0.29, 0.717) is 12.0 Å². The topological polar surface area (TPSA) is 130 Å². The molecular formula is C28H30O8. The maximum absolute atomic E-state index is 14.0. The van der Waals surface area contributed by atoms with Gasteiger partial charge in [-0.1, -0.05) is 23.8 Å². The second-order valence-electron chi connectivity index (χ2n) is 11.0. The number of allylic oxidation sites excluding steroid dienone is 3. The SMILES string of the molecule is CC(C)=CCc1c(O)cc(O)c2c1O[C@]13C(=C[C@@H]4CC1C(C)(C)O[C@@]3(C/C=C(/C)C(=O)O)C4=O)C2=O. The number of carbonyl (C=O) groups is 3. The maximum atomic E-state index is 14.0. The van der Waals surface area contributed by atoms with Crippen LogP contribution in [-0.4, -0.2) is 49.7 Å². The predicted molar refractivity (Wildman–Crippen MR) is 129 cm³/mol. The van der Waals surface area contributed by atoms with Gasteiger partial charge in [0.1, 0.15) is 22.8 Å². The minimum absolute atomic E-state index is 0.0370. The molecule has 6 rings (SSSR count). The molecule has 0 radical (unpaired) electrons. The Morgan fingerprint density at radius 1 is 1.14 bits per heavy atom. The molecular weight excluding hydrogens is 464 g/mol. The van der Waals surface area contributed by atoms with Gasteiger partial charge in [0.25, 0.3) is 0 Å². The van der Waals surface area contributed by atoms with Gasteiger partial charge in [-0.3, -0.25) is 9.59 Å². The van der Waals surface area contributed by atoms with E-state index in [-0.39, 0.29) is 46.8 Å². The van der Waals surface area contributed by atoms with Crippen molar-refractivity contribution in [1.29, 1.82) is 0 Å². The summed E-state index contributed by atoms with van der Waals surface area (Å²) in [7, 11) is 0. The fourth-order valence-electron chi connectivity index (χ4n) is 6.52. The number of Topliss-reactive ketones (excluding diaryl/α,β-unsaturated/α-hetero) is 2. The molecule has 36 heavy (non-hydrogen) atoms. The number of ketones is 2. The van der Waals surface area contributed by atoms with Crippen LogP contribution in [-0.2, 0) is 20.7 Å². The molecule has 190 valence electrons. The number of benzene rings is 1. The van der Waals surface area contributed by atoms with E-state index in [0.717, 1.165) is 11.6 Å². The molecule has 0 amide bonds. The van der Waals surface area contributed by atoms with E-state index in [9.17, 15) is 29.7 Å². The van der Waals surface area contributed by atoms with Gasteiger partial charge in [0.2, 0.25) is 0 Å². The van der Waals surface area contributed by atoms with E-state index in [1.807, 2.05) is 33.8 Å². The van der Waals surface area contributed by atoms with Gasteiger partial charge in [-0.25, -0.2) is 4.79 Å². The van der Waals surface area contributed by atoms with Gasteiger partial charge in [0, 0.05) is 41.0 Å². The summed E-state index contributed by atoms with van der Waals surface area (Å²) in [5, 5.41) is 30.9. The Balaban J connectivity index is 1.79. The molecule has 3 aliphatic carbocycles. The van der Waals surface area contributed by atoms with Crippen LogP contribution in [0.3, 0.4) is 0 Å². The number of carboxylic acids is 1. The first kappa shape index (κ1) is 24.3. The van der Waals surface area contributed by atoms with Crippen molar-refractivity contribution < 1.29 is 39.2 Å². The van der Waals surface area contributed by atoms with Crippen molar-refractivity contribution in [2.75, 3.05) is 0 Å². The lowest BCUT2D eigenvalue weighted by Crippen LogP contribution is -2.72. The van der Waals surface area contributed by atoms with Crippen molar-refractivity contribution in [3.05, 3.63) is 52.1 Å². The summed E-state index contributed by atoms with van der Waals surface area (Å²) in [5.41, 5.74) is -2.47. The second-order valence-corrected chi connectivity index (χ2v) is 11.0. The van der Waals surface area contributed by atoms with Crippen LogP contribution in [0.5, 0.6) is 17.2 Å². The third kappa shape index (κ3) is 2.94. The zero-order valence-corrected chi connectivity index (χ0v) is 21.0. The van der Waals surface area contributed by atoms with Crippen LogP contribution in [0.2, 0.25) is 0 Å². The van der Waals surface area contributed by atoms with E-state index in [1.165, 1.54) is 13.0 Å². The molecule has 2 fully saturated rings. The second kappa shape index (κ2) is 7.56. The fraction of sp³-hybridized carbons (Fsp3) is 0.464. The Morgan fingerprint density at radius 3 is 2.47 bits per heavy atom. The first-order valence-electron chi connectivity index (χ1n) is 12.1. The number of carboxylic acid groups (broad SMARTS) is 1. The molecule has 8 heteroatoms. The number of aliphatic carboxylic acids is 1. The molecule has 2 heterocycles. The average molecular weight is 495 g/mol. The smallest absolute Gasteiger partial charge is 0.330 e. The van der Waals surface area contributed by atoms with Gasteiger partial charge in [-0.2, -0.15) is 0 Å². The number of rotatable bonds is 5. The summed E-state index contributed by atoms with van der Waals surface area (Å²) in [6.07, 6.45) is 5.51. The van der Waals surface area contributed by atoms with Crippen molar-refractivity contribution in [2.45, 2.75) is 70.7 Å².